The van der Waals surface area contributed by atoms with Crippen molar-refractivity contribution >= 4 is 0 Å². The van der Waals surface area contributed by atoms with E-state index in [0.29, 0.717) is 6.61 Å². The average molecular weight is 754 g/mol. The first-order valence-corrected chi connectivity index (χ1v) is 19.8. The second kappa shape index (κ2) is 24.8. The number of hydrogen-bond donors (Lipinski definition) is 10. The van der Waals surface area contributed by atoms with Gasteiger partial charge in [0.1, 0.15) is 54.9 Å². The minimum atomic E-state index is -1.52. The van der Waals surface area contributed by atoms with Gasteiger partial charge in [-0.1, -0.05) is 103 Å². The summed E-state index contributed by atoms with van der Waals surface area (Å²) in [6, 6.07) is -3.57. The highest BCUT2D eigenvalue weighted by Gasteiger charge is 2.52. The molecule has 0 amide bonds. The lowest BCUT2D eigenvalue weighted by Crippen LogP contribution is -2.69. The number of unbranched alkanes of at least 4 members (excludes halogenated alkanes) is 15. The first-order chi connectivity index (χ1) is 25.1. The predicted molar refractivity (Wildman–Crippen MR) is 190 cm³/mol. The molecule has 0 saturated carbocycles. The van der Waals surface area contributed by atoms with E-state index in [1.54, 1.807) is 0 Å². The van der Waals surface area contributed by atoms with Crippen LogP contribution in [0.3, 0.4) is 0 Å². The molecule has 2 unspecified atom stereocenters. The smallest absolute Gasteiger partial charge is 0.176 e. The molecule has 13 N–H and O–H groups in total. The summed E-state index contributed by atoms with van der Waals surface area (Å²) in [7, 11) is 0. The van der Waals surface area contributed by atoms with Gasteiger partial charge < -0.3 is 81.4 Å². The summed E-state index contributed by atoms with van der Waals surface area (Å²) in [4.78, 5) is 0. The van der Waals surface area contributed by atoms with Crippen molar-refractivity contribution in [3.8, 4) is 0 Å². The van der Waals surface area contributed by atoms with E-state index in [2.05, 4.69) is 6.92 Å². The fourth-order valence-corrected chi connectivity index (χ4v) is 7.24. The Hall–Kier alpha value is -0.640. The monoisotopic (exact) mass is 753 g/mol. The molecule has 3 fully saturated rings. The minimum Gasteiger partial charge on any atom is -0.394 e. The van der Waals surface area contributed by atoms with Crippen LogP contribution in [0.5, 0.6) is 0 Å². The van der Waals surface area contributed by atoms with Gasteiger partial charge in [0.25, 0.3) is 0 Å². The Bertz CT molecular complexity index is 927. The molecule has 0 aromatic carbocycles. The van der Waals surface area contributed by atoms with E-state index in [9.17, 15) is 35.7 Å². The third kappa shape index (κ3) is 13.5. The minimum absolute atomic E-state index is 0.327. The van der Waals surface area contributed by atoms with Crippen LogP contribution in [-0.4, -0.2) is 154 Å². The van der Waals surface area contributed by atoms with E-state index in [1.807, 2.05) is 0 Å². The van der Waals surface area contributed by atoms with E-state index in [1.165, 1.54) is 77.0 Å². The number of aliphatic hydroxyl groups excluding tert-OH is 7. The number of aliphatic hydroxyl groups is 7. The fraction of sp³-hybridized carbons (Fsp3) is 1.00. The van der Waals surface area contributed by atoms with Crippen LogP contribution in [-0.2, 0) is 28.4 Å². The normalized spacial score (nSPS) is 38.5. The van der Waals surface area contributed by atoms with E-state index < -0.39 is 112 Å². The van der Waals surface area contributed by atoms with Crippen LogP contribution in [0.25, 0.3) is 0 Å². The van der Waals surface area contributed by atoms with E-state index >= 15 is 0 Å². The quantitative estimate of drug-likeness (QED) is 0.0532. The van der Waals surface area contributed by atoms with Crippen LogP contribution in [0.4, 0.5) is 0 Å². The van der Waals surface area contributed by atoms with Gasteiger partial charge in [-0.25, -0.2) is 0 Å². The molecule has 3 heterocycles. The van der Waals surface area contributed by atoms with Crippen LogP contribution in [0.15, 0.2) is 0 Å². The first-order valence-electron chi connectivity index (χ1n) is 19.8. The summed E-state index contributed by atoms with van der Waals surface area (Å²) in [5, 5.41) is 71.9. The fourth-order valence-electron chi connectivity index (χ4n) is 7.24. The molecule has 0 radical (unpaired) electrons. The molecule has 15 atom stereocenters. The third-order valence-corrected chi connectivity index (χ3v) is 10.6. The molecule has 0 spiro atoms. The van der Waals surface area contributed by atoms with Gasteiger partial charge in [-0.2, -0.15) is 0 Å². The van der Waals surface area contributed by atoms with Crippen molar-refractivity contribution in [2.75, 3.05) is 26.4 Å². The van der Waals surface area contributed by atoms with Crippen LogP contribution >= 0.6 is 0 Å². The second-order valence-electron chi connectivity index (χ2n) is 14.7. The van der Waals surface area contributed by atoms with Crippen molar-refractivity contribution in [2.24, 2.45) is 17.2 Å². The van der Waals surface area contributed by atoms with Crippen LogP contribution < -0.4 is 17.2 Å². The summed E-state index contributed by atoms with van der Waals surface area (Å²) in [6.07, 6.45) is 4.33. The van der Waals surface area contributed by atoms with Crippen LogP contribution in [0.1, 0.15) is 110 Å². The second-order valence-corrected chi connectivity index (χ2v) is 14.7. The number of ether oxygens (including phenoxy) is 6. The molecule has 3 saturated heterocycles. The molecule has 16 heteroatoms. The number of hydrogen-bond acceptors (Lipinski definition) is 16. The Morgan fingerprint density at radius 2 is 0.885 bits per heavy atom. The molecular formula is C36H71N3O13. The maximum atomic E-state index is 11.2. The molecule has 16 nitrogen and oxygen atoms in total. The molecule has 3 rings (SSSR count). The van der Waals surface area contributed by atoms with Crippen molar-refractivity contribution in [1.29, 1.82) is 0 Å². The lowest BCUT2D eigenvalue weighted by atomic mass is 9.94. The van der Waals surface area contributed by atoms with Crippen molar-refractivity contribution in [3.05, 3.63) is 0 Å². The number of nitrogens with two attached hydrogens (primary N) is 3. The van der Waals surface area contributed by atoms with E-state index in [-0.39, 0.29) is 0 Å². The summed E-state index contributed by atoms with van der Waals surface area (Å²) >= 11 is 0. The van der Waals surface area contributed by atoms with Crippen molar-refractivity contribution in [2.45, 2.75) is 202 Å². The molecule has 52 heavy (non-hydrogen) atoms. The Morgan fingerprint density at radius 1 is 0.462 bits per heavy atom. The van der Waals surface area contributed by atoms with Gasteiger partial charge >= 0.3 is 0 Å². The Morgan fingerprint density at radius 3 is 1.38 bits per heavy atom. The van der Waals surface area contributed by atoms with Gasteiger partial charge in [-0.05, 0) is 6.42 Å². The van der Waals surface area contributed by atoms with Crippen molar-refractivity contribution in [3.63, 3.8) is 0 Å². The highest BCUT2D eigenvalue weighted by molar-refractivity contribution is 4.99. The standard InChI is InChI=1S/C36H71N3O13/c1-2-3-4-5-6-7-8-9-10-11-12-13-14-15-16-17-18-47-33-27(39)34(46)48-24(21-42)32(33)52-36-26(38)30(45)31(23(20-41)50-36)51-35-25(37)29(44)28(43)22(19-40)49-35/h22-36,40-46H,2-21,37-39H2,1H3/t22-,23-,24-,25-,26-,27-,28-,29-,30-,31?,32?,33-,34-,35+,36+/m1/s1. The van der Waals surface area contributed by atoms with Crippen molar-refractivity contribution in [1.82, 2.24) is 0 Å². The van der Waals surface area contributed by atoms with Crippen LogP contribution in [0.2, 0.25) is 0 Å². The Balaban J connectivity index is 1.44. The zero-order valence-electron chi connectivity index (χ0n) is 31.1. The Labute approximate surface area is 309 Å². The summed E-state index contributed by atoms with van der Waals surface area (Å²) in [5.41, 5.74) is 18.6. The first kappa shape index (κ1) is 45.7. The molecular weight excluding hydrogens is 682 g/mol. The zero-order valence-corrected chi connectivity index (χ0v) is 31.1. The highest BCUT2D eigenvalue weighted by Crippen LogP contribution is 2.32. The average Bonchev–Trinajstić information content (AvgIpc) is 3.14. The van der Waals surface area contributed by atoms with Gasteiger partial charge in [0, 0.05) is 6.61 Å². The molecule has 0 aliphatic carbocycles. The van der Waals surface area contributed by atoms with Gasteiger partial charge in [0.05, 0.1) is 37.9 Å². The lowest BCUT2D eigenvalue weighted by molar-refractivity contribution is -0.349. The van der Waals surface area contributed by atoms with Crippen molar-refractivity contribution < 1.29 is 64.2 Å². The van der Waals surface area contributed by atoms with E-state index in [4.69, 9.17) is 45.6 Å². The topological polar surface area (TPSA) is 275 Å². The van der Waals surface area contributed by atoms with E-state index in [0.717, 1.165) is 25.7 Å². The zero-order chi connectivity index (χ0) is 38.0. The molecule has 0 bridgehead atoms. The highest BCUT2D eigenvalue weighted by atomic mass is 16.7. The summed E-state index contributed by atoms with van der Waals surface area (Å²) in [6.45, 7) is 0.730. The molecule has 308 valence electrons. The van der Waals surface area contributed by atoms with Crippen LogP contribution in [0, 0.1) is 0 Å². The molecule has 3 aliphatic rings. The molecule has 0 aromatic heterocycles. The van der Waals surface area contributed by atoms with Gasteiger partial charge in [0.15, 0.2) is 18.9 Å². The molecule has 3 aliphatic heterocycles. The van der Waals surface area contributed by atoms with Gasteiger partial charge in [0.2, 0.25) is 0 Å². The summed E-state index contributed by atoms with van der Waals surface area (Å²) < 4.78 is 35.0. The maximum absolute atomic E-state index is 11.2. The molecule has 0 aromatic rings. The number of rotatable bonds is 25. The van der Waals surface area contributed by atoms with Gasteiger partial charge in [-0.3, -0.25) is 0 Å². The third-order valence-electron chi connectivity index (χ3n) is 10.6. The largest absolute Gasteiger partial charge is 0.394 e. The Kier molecular flexibility index (Phi) is 21.8. The lowest BCUT2D eigenvalue weighted by Gasteiger charge is -2.49. The SMILES string of the molecule is CCCCCCCCCCCCCCCCCCO[C@H]1C(O[C@@H]2O[C@H](CO)C(O[C@@H]3O[C@H](CO)[C@@H](O)[C@H](O)[C@H]3N)[C@H](O)[C@H]2N)[C@@H](CO)O[C@@H](O)[C@@H]1N. The summed E-state index contributed by atoms with van der Waals surface area (Å²) in [5.74, 6) is 0. The van der Waals surface area contributed by atoms with Gasteiger partial charge in [-0.15, -0.1) is 0 Å². The maximum Gasteiger partial charge on any atom is 0.176 e. The predicted octanol–water partition coefficient (Wildman–Crippen LogP) is -0.388.